The van der Waals surface area contributed by atoms with Crippen LogP contribution in [0.1, 0.15) is 56.5 Å². The van der Waals surface area contributed by atoms with Crippen LogP contribution in [0, 0.1) is 0 Å². The molecule has 2 amide bonds. The zero-order valence-electron chi connectivity index (χ0n) is 18.9. The van der Waals surface area contributed by atoms with E-state index >= 15 is 0 Å². The van der Waals surface area contributed by atoms with E-state index in [1.165, 1.54) is 11.3 Å². The molecule has 3 aromatic rings. The molecule has 0 saturated heterocycles. The number of hydrogen-bond acceptors (Lipinski definition) is 6. The highest BCUT2D eigenvalue weighted by Gasteiger charge is 2.30. The number of carbonyl (C=O) groups excluding carboxylic acids is 2. The van der Waals surface area contributed by atoms with Gasteiger partial charge >= 0.3 is 0 Å². The summed E-state index contributed by atoms with van der Waals surface area (Å²) in [5, 5.41) is 8.31. The quantitative estimate of drug-likeness (QED) is 0.415. The van der Waals surface area contributed by atoms with Gasteiger partial charge in [0.25, 0.3) is 11.8 Å². The number of rotatable bonds is 6. The van der Waals surface area contributed by atoms with Crippen molar-refractivity contribution in [1.82, 2.24) is 25.5 Å². The first-order valence-corrected chi connectivity index (χ1v) is 13.0. The molecule has 1 aromatic carbocycles. The van der Waals surface area contributed by atoms with Crippen LogP contribution in [0.15, 0.2) is 24.3 Å². The number of fused-ring (bicyclic) bond motifs is 2. The Balaban J connectivity index is 1.25. The Hall–Kier alpha value is -2.46. The number of nitrogens with two attached hydrogens (primary N) is 1. The number of amides is 2. The molecule has 2 aliphatic rings. The van der Waals surface area contributed by atoms with E-state index in [4.69, 9.17) is 17.3 Å². The van der Waals surface area contributed by atoms with Gasteiger partial charge in [-0.05, 0) is 37.1 Å². The molecule has 34 heavy (non-hydrogen) atoms. The maximum Gasteiger partial charge on any atom is 0.280 e. The van der Waals surface area contributed by atoms with Gasteiger partial charge in [0.1, 0.15) is 5.69 Å². The smallest absolute Gasteiger partial charge is 0.280 e. The maximum atomic E-state index is 13.1. The molecule has 1 aliphatic carbocycles. The Morgan fingerprint density at radius 1 is 1.18 bits per heavy atom. The normalized spacial score (nSPS) is 20.8. The van der Waals surface area contributed by atoms with E-state index < -0.39 is 0 Å². The van der Waals surface area contributed by atoms with E-state index in [9.17, 15) is 9.59 Å². The van der Waals surface area contributed by atoms with Crippen molar-refractivity contribution in [3.8, 4) is 0 Å². The van der Waals surface area contributed by atoms with E-state index in [1.807, 2.05) is 12.1 Å². The van der Waals surface area contributed by atoms with Crippen LogP contribution in [-0.4, -0.2) is 58.4 Å². The lowest BCUT2D eigenvalue weighted by Gasteiger charge is -2.32. The second kappa shape index (κ2) is 10.0. The number of thiazole rings is 1. The molecule has 5 rings (SSSR count). The van der Waals surface area contributed by atoms with Crippen molar-refractivity contribution in [1.29, 1.82) is 0 Å². The van der Waals surface area contributed by atoms with Gasteiger partial charge < -0.3 is 21.4 Å². The molecule has 0 spiro atoms. The first-order valence-electron chi connectivity index (χ1n) is 11.8. The van der Waals surface area contributed by atoms with Crippen molar-refractivity contribution in [3.05, 3.63) is 50.6 Å². The second-order valence-electron chi connectivity index (χ2n) is 9.06. The largest absolute Gasteiger partial charge is 0.351 e. The molecule has 0 bridgehead atoms. The molecule has 1 fully saturated rings. The Kier molecular flexibility index (Phi) is 6.87. The average molecular weight is 501 g/mol. The van der Waals surface area contributed by atoms with Crippen molar-refractivity contribution < 1.29 is 9.59 Å². The summed E-state index contributed by atoms with van der Waals surface area (Å²) in [5.74, 6) is -0.334. The maximum absolute atomic E-state index is 13.1. The predicted octanol–water partition coefficient (Wildman–Crippen LogP) is 3.07. The molecule has 1 aliphatic heterocycles. The van der Waals surface area contributed by atoms with Crippen LogP contribution >= 0.6 is 22.9 Å². The van der Waals surface area contributed by atoms with E-state index in [0.717, 1.165) is 73.2 Å². The SMILES string of the molecule is NCCN1CCc2nc(C(=O)N[C@@H]3CCCC[C@@H]3NC(=O)c3cc4cc(Cl)ccc4[nH]3)sc2C1. The number of H-pyrrole nitrogens is 1. The number of hydrogen-bond donors (Lipinski definition) is 4. The minimum Gasteiger partial charge on any atom is -0.351 e. The minimum absolute atomic E-state index is 0.126. The summed E-state index contributed by atoms with van der Waals surface area (Å²) in [6.45, 7) is 3.20. The summed E-state index contributed by atoms with van der Waals surface area (Å²) in [4.78, 5) is 37.3. The van der Waals surface area contributed by atoms with E-state index in [2.05, 4.69) is 25.5 Å². The van der Waals surface area contributed by atoms with Crippen LogP contribution in [0.25, 0.3) is 10.9 Å². The molecule has 180 valence electrons. The molecule has 0 radical (unpaired) electrons. The molecule has 2 aromatic heterocycles. The summed E-state index contributed by atoms with van der Waals surface area (Å²) in [5.41, 5.74) is 8.07. The van der Waals surface area contributed by atoms with Crippen molar-refractivity contribution in [2.75, 3.05) is 19.6 Å². The van der Waals surface area contributed by atoms with Crippen LogP contribution in [-0.2, 0) is 13.0 Å². The van der Waals surface area contributed by atoms with E-state index in [1.54, 1.807) is 12.1 Å². The molecular weight excluding hydrogens is 472 g/mol. The van der Waals surface area contributed by atoms with E-state index in [-0.39, 0.29) is 23.9 Å². The van der Waals surface area contributed by atoms with Crippen LogP contribution in [0.2, 0.25) is 5.02 Å². The number of nitrogens with one attached hydrogen (secondary N) is 3. The lowest BCUT2D eigenvalue weighted by molar-refractivity contribution is 0.0860. The zero-order valence-corrected chi connectivity index (χ0v) is 20.5. The fourth-order valence-electron chi connectivity index (χ4n) is 4.90. The molecule has 10 heteroatoms. The van der Waals surface area contributed by atoms with Gasteiger partial charge in [-0.3, -0.25) is 14.5 Å². The molecule has 3 heterocycles. The molecule has 2 atom stereocenters. The highest BCUT2D eigenvalue weighted by molar-refractivity contribution is 7.13. The average Bonchev–Trinajstić information content (AvgIpc) is 3.44. The number of aromatic amines is 1. The van der Waals surface area contributed by atoms with Gasteiger partial charge in [-0.15, -0.1) is 11.3 Å². The van der Waals surface area contributed by atoms with Gasteiger partial charge in [0.05, 0.1) is 5.69 Å². The molecule has 0 unspecified atom stereocenters. The summed E-state index contributed by atoms with van der Waals surface area (Å²) < 4.78 is 0. The van der Waals surface area contributed by atoms with Gasteiger partial charge in [0, 0.05) is 65.5 Å². The third kappa shape index (κ3) is 4.98. The monoisotopic (exact) mass is 500 g/mol. The number of benzene rings is 1. The zero-order chi connectivity index (χ0) is 23.7. The lowest BCUT2D eigenvalue weighted by atomic mass is 9.90. The van der Waals surface area contributed by atoms with Crippen LogP contribution < -0.4 is 16.4 Å². The van der Waals surface area contributed by atoms with Crippen LogP contribution in [0.5, 0.6) is 0 Å². The Morgan fingerprint density at radius 3 is 2.71 bits per heavy atom. The number of carbonyl (C=O) groups is 2. The highest BCUT2D eigenvalue weighted by atomic mass is 35.5. The predicted molar refractivity (Wildman–Crippen MR) is 134 cm³/mol. The third-order valence-corrected chi connectivity index (χ3v) is 7.99. The van der Waals surface area contributed by atoms with Crippen molar-refractivity contribution in [2.45, 2.75) is 50.7 Å². The molecule has 5 N–H and O–H groups in total. The van der Waals surface area contributed by atoms with Crippen LogP contribution in [0.3, 0.4) is 0 Å². The van der Waals surface area contributed by atoms with E-state index in [0.29, 0.717) is 22.3 Å². The fourth-order valence-corrected chi connectivity index (χ4v) is 6.13. The standard InChI is InChI=1S/C24H29ClN6O2S/c25-15-5-6-16-14(11-15)12-20(27-16)22(32)28-17-3-1-2-4-18(17)29-23(33)24-30-19-7-9-31(10-8-26)13-21(19)34-24/h5-6,11-12,17-18,27H,1-4,7-10,13,26H2,(H,28,32)(H,29,33)/t17-,18+/m0/s1. The summed E-state index contributed by atoms with van der Waals surface area (Å²) in [7, 11) is 0. The van der Waals surface area contributed by atoms with Gasteiger partial charge in [0.15, 0.2) is 5.01 Å². The van der Waals surface area contributed by atoms with Crippen molar-refractivity contribution in [2.24, 2.45) is 5.73 Å². The van der Waals surface area contributed by atoms with Gasteiger partial charge in [0.2, 0.25) is 0 Å². The molecular formula is C24H29ClN6O2S. The Labute approximate surface area is 207 Å². The number of halogens is 1. The first kappa shape index (κ1) is 23.3. The fraction of sp³-hybridized carbons (Fsp3) is 0.458. The molecule has 8 nitrogen and oxygen atoms in total. The summed E-state index contributed by atoms with van der Waals surface area (Å²) >= 11 is 7.54. The van der Waals surface area contributed by atoms with Crippen molar-refractivity contribution >= 4 is 45.7 Å². The highest BCUT2D eigenvalue weighted by Crippen LogP contribution is 2.26. The van der Waals surface area contributed by atoms with Crippen LogP contribution in [0.4, 0.5) is 0 Å². The Bertz CT molecular complexity index is 1210. The van der Waals surface area contributed by atoms with Gasteiger partial charge in [-0.1, -0.05) is 24.4 Å². The second-order valence-corrected chi connectivity index (χ2v) is 10.6. The number of nitrogens with zero attached hydrogens (tertiary/aromatic N) is 2. The first-order chi connectivity index (χ1) is 16.5. The van der Waals surface area contributed by atoms with Gasteiger partial charge in [-0.25, -0.2) is 4.98 Å². The topological polar surface area (TPSA) is 116 Å². The summed E-state index contributed by atoms with van der Waals surface area (Å²) in [6.07, 6.45) is 4.53. The Morgan fingerprint density at radius 2 is 1.94 bits per heavy atom. The third-order valence-electron chi connectivity index (χ3n) is 6.68. The molecule has 1 saturated carbocycles. The summed E-state index contributed by atoms with van der Waals surface area (Å²) in [6, 6.07) is 7.04. The lowest BCUT2D eigenvalue weighted by Crippen LogP contribution is -2.53. The van der Waals surface area contributed by atoms with Crippen molar-refractivity contribution in [3.63, 3.8) is 0 Å². The minimum atomic E-state index is -0.178. The number of aromatic nitrogens is 2. The van der Waals surface area contributed by atoms with Gasteiger partial charge in [-0.2, -0.15) is 0 Å².